The van der Waals surface area contributed by atoms with Gasteiger partial charge in [0.25, 0.3) is 0 Å². The van der Waals surface area contributed by atoms with Crippen LogP contribution in [0.1, 0.15) is 84.5 Å². The van der Waals surface area contributed by atoms with Crippen molar-refractivity contribution in [2.24, 2.45) is 11.8 Å². The molecule has 2 atom stereocenters. The number of unbranched alkanes of at least 4 members (excludes halogenated alkanes) is 4. The van der Waals surface area contributed by atoms with E-state index in [9.17, 15) is 4.79 Å². The Bertz CT molecular complexity index is 374. The summed E-state index contributed by atoms with van der Waals surface area (Å²) in [6.07, 6.45) is 16.1. The largest absolute Gasteiger partial charge is 0.342 e. The van der Waals surface area contributed by atoms with Crippen molar-refractivity contribution in [1.82, 2.24) is 4.90 Å². The van der Waals surface area contributed by atoms with E-state index in [1.165, 1.54) is 51.4 Å². The van der Waals surface area contributed by atoms with Crippen LogP contribution in [-0.2, 0) is 4.79 Å². The maximum Gasteiger partial charge on any atom is 0.222 e. The molecule has 0 saturated carbocycles. The molecule has 0 aromatic carbocycles. The van der Waals surface area contributed by atoms with Crippen molar-refractivity contribution in [2.45, 2.75) is 84.5 Å². The summed E-state index contributed by atoms with van der Waals surface area (Å²) in [6, 6.07) is 0. The molecule has 1 heterocycles. The summed E-state index contributed by atoms with van der Waals surface area (Å²) in [5, 5.41) is 0. The minimum atomic E-state index is 0.403. The van der Waals surface area contributed by atoms with E-state index in [-0.39, 0.29) is 0 Å². The number of carbonyl (C=O) groups excluding carboxylic acids is 1. The fourth-order valence-corrected chi connectivity index (χ4v) is 4.04. The lowest BCUT2D eigenvalue weighted by Crippen LogP contribution is -2.35. The molecular formula is C20H35NO. The Kier molecular flexibility index (Phi) is 7.48. The number of hydrogen-bond acceptors (Lipinski definition) is 1. The smallest absolute Gasteiger partial charge is 0.222 e. The Morgan fingerprint density at radius 3 is 2.64 bits per heavy atom. The van der Waals surface area contributed by atoms with Crippen LogP contribution in [0.25, 0.3) is 0 Å². The van der Waals surface area contributed by atoms with Crippen LogP contribution in [0.2, 0.25) is 0 Å². The fourth-order valence-electron chi connectivity index (χ4n) is 4.04. The molecule has 1 fully saturated rings. The van der Waals surface area contributed by atoms with E-state index in [0.29, 0.717) is 11.8 Å². The zero-order chi connectivity index (χ0) is 15.8. The minimum Gasteiger partial charge on any atom is -0.342 e. The van der Waals surface area contributed by atoms with Crippen molar-refractivity contribution in [3.63, 3.8) is 0 Å². The molecule has 1 saturated heterocycles. The van der Waals surface area contributed by atoms with Gasteiger partial charge in [0.05, 0.1) is 0 Å². The van der Waals surface area contributed by atoms with Crippen molar-refractivity contribution in [3.05, 3.63) is 11.6 Å². The Labute approximate surface area is 137 Å². The Hall–Kier alpha value is -0.790. The molecular weight excluding hydrogens is 270 g/mol. The molecule has 1 aliphatic carbocycles. The summed E-state index contributed by atoms with van der Waals surface area (Å²) in [4.78, 5) is 14.5. The Balaban J connectivity index is 1.87. The van der Waals surface area contributed by atoms with Gasteiger partial charge in [-0.15, -0.1) is 0 Å². The Morgan fingerprint density at radius 2 is 1.86 bits per heavy atom. The number of amides is 1. The molecule has 126 valence electrons. The highest BCUT2D eigenvalue weighted by molar-refractivity contribution is 5.76. The predicted molar refractivity (Wildman–Crippen MR) is 93.8 cm³/mol. The van der Waals surface area contributed by atoms with Crippen LogP contribution < -0.4 is 0 Å². The summed E-state index contributed by atoms with van der Waals surface area (Å²) < 4.78 is 0. The highest BCUT2D eigenvalue weighted by Crippen LogP contribution is 2.36. The topological polar surface area (TPSA) is 20.3 Å². The third-order valence-corrected chi connectivity index (χ3v) is 5.52. The molecule has 2 unspecified atom stereocenters. The quantitative estimate of drug-likeness (QED) is 0.438. The first-order valence-corrected chi connectivity index (χ1v) is 9.72. The van der Waals surface area contributed by atoms with E-state index in [0.717, 1.165) is 38.3 Å². The minimum absolute atomic E-state index is 0.403. The van der Waals surface area contributed by atoms with Crippen LogP contribution in [0.15, 0.2) is 11.6 Å². The molecule has 22 heavy (non-hydrogen) atoms. The van der Waals surface area contributed by atoms with Gasteiger partial charge in [-0.05, 0) is 50.4 Å². The third-order valence-electron chi connectivity index (χ3n) is 5.52. The molecule has 2 heteroatoms. The molecule has 0 bridgehead atoms. The van der Waals surface area contributed by atoms with Crippen molar-refractivity contribution in [3.8, 4) is 0 Å². The summed E-state index contributed by atoms with van der Waals surface area (Å²) >= 11 is 0. The summed E-state index contributed by atoms with van der Waals surface area (Å²) in [6.45, 7) is 6.48. The van der Waals surface area contributed by atoms with Gasteiger partial charge in [-0.25, -0.2) is 0 Å². The fraction of sp³-hybridized carbons (Fsp3) is 0.850. The lowest BCUT2D eigenvalue weighted by molar-refractivity contribution is -0.131. The molecule has 0 aromatic rings. The Morgan fingerprint density at radius 1 is 1.05 bits per heavy atom. The summed E-state index contributed by atoms with van der Waals surface area (Å²) in [5.41, 5.74) is 1.69. The van der Waals surface area contributed by atoms with Crippen molar-refractivity contribution in [2.75, 3.05) is 13.1 Å². The maximum atomic E-state index is 12.3. The number of carbonyl (C=O) groups is 1. The van der Waals surface area contributed by atoms with Gasteiger partial charge >= 0.3 is 0 Å². The van der Waals surface area contributed by atoms with Gasteiger partial charge in [-0.3, -0.25) is 4.79 Å². The van der Waals surface area contributed by atoms with Gasteiger partial charge in [0.1, 0.15) is 0 Å². The van der Waals surface area contributed by atoms with Gasteiger partial charge in [-0.1, -0.05) is 51.2 Å². The number of nitrogens with zero attached hydrogens (tertiary/aromatic N) is 1. The lowest BCUT2D eigenvalue weighted by Gasteiger charge is -2.31. The van der Waals surface area contributed by atoms with Crippen LogP contribution >= 0.6 is 0 Å². The van der Waals surface area contributed by atoms with Gasteiger partial charge < -0.3 is 4.90 Å². The molecule has 2 rings (SSSR count). The molecule has 0 spiro atoms. The lowest BCUT2D eigenvalue weighted by atomic mass is 9.78. The SMILES string of the molecule is CCCCCCC1=CC2CCC(=O)N(CCCC)CC2CC1. The van der Waals surface area contributed by atoms with Crippen LogP contribution in [0.3, 0.4) is 0 Å². The zero-order valence-corrected chi connectivity index (χ0v) is 14.8. The number of hydrogen-bond donors (Lipinski definition) is 0. The van der Waals surface area contributed by atoms with E-state index in [4.69, 9.17) is 0 Å². The van der Waals surface area contributed by atoms with Gasteiger partial charge in [0.15, 0.2) is 0 Å². The maximum absolute atomic E-state index is 12.3. The number of likely N-dealkylation sites (tertiary alicyclic amines) is 1. The van der Waals surface area contributed by atoms with Crippen molar-refractivity contribution >= 4 is 5.91 Å². The highest BCUT2D eigenvalue weighted by Gasteiger charge is 2.31. The first-order valence-electron chi connectivity index (χ1n) is 9.72. The number of rotatable bonds is 8. The van der Waals surface area contributed by atoms with Crippen LogP contribution in [0.4, 0.5) is 0 Å². The van der Waals surface area contributed by atoms with Gasteiger partial charge in [0, 0.05) is 19.5 Å². The first-order chi connectivity index (χ1) is 10.7. The second kappa shape index (κ2) is 9.37. The van der Waals surface area contributed by atoms with Crippen LogP contribution in [0.5, 0.6) is 0 Å². The van der Waals surface area contributed by atoms with E-state index in [2.05, 4.69) is 24.8 Å². The summed E-state index contributed by atoms with van der Waals surface area (Å²) in [7, 11) is 0. The van der Waals surface area contributed by atoms with E-state index in [1.807, 2.05) is 0 Å². The molecule has 0 radical (unpaired) electrons. The average Bonchev–Trinajstić information content (AvgIpc) is 2.69. The molecule has 0 aromatic heterocycles. The van der Waals surface area contributed by atoms with E-state index < -0.39 is 0 Å². The summed E-state index contributed by atoms with van der Waals surface area (Å²) in [5.74, 6) is 1.80. The monoisotopic (exact) mass is 305 g/mol. The molecule has 2 aliphatic rings. The first kappa shape index (κ1) is 17.6. The molecule has 0 N–H and O–H groups in total. The highest BCUT2D eigenvalue weighted by atomic mass is 16.2. The van der Waals surface area contributed by atoms with Gasteiger partial charge in [0.2, 0.25) is 5.91 Å². The third kappa shape index (κ3) is 5.14. The second-order valence-corrected chi connectivity index (χ2v) is 7.33. The molecule has 2 nitrogen and oxygen atoms in total. The van der Waals surface area contributed by atoms with Crippen LogP contribution in [0, 0.1) is 11.8 Å². The molecule has 1 aliphatic heterocycles. The standard InChI is InChI=1S/C20H35NO/c1-3-5-7-8-9-17-10-11-19-16-21(14-6-4-2)20(22)13-12-18(19)15-17/h15,18-19H,3-14,16H2,1-2H3. The van der Waals surface area contributed by atoms with Crippen molar-refractivity contribution in [1.29, 1.82) is 0 Å². The van der Waals surface area contributed by atoms with E-state index >= 15 is 0 Å². The number of allylic oxidation sites excluding steroid dienone is 2. The normalized spacial score (nSPS) is 25.6. The zero-order valence-electron chi connectivity index (χ0n) is 14.8. The van der Waals surface area contributed by atoms with Gasteiger partial charge in [-0.2, -0.15) is 0 Å². The second-order valence-electron chi connectivity index (χ2n) is 7.33. The number of fused-ring (bicyclic) bond motifs is 1. The van der Waals surface area contributed by atoms with Crippen molar-refractivity contribution < 1.29 is 4.79 Å². The molecule has 1 amide bonds. The predicted octanol–water partition coefficient (Wildman–Crippen LogP) is 5.33. The average molecular weight is 306 g/mol. The van der Waals surface area contributed by atoms with Crippen LogP contribution in [-0.4, -0.2) is 23.9 Å². The van der Waals surface area contributed by atoms with E-state index in [1.54, 1.807) is 5.57 Å².